The Hall–Kier alpha value is -1.92. The third-order valence-corrected chi connectivity index (χ3v) is 11.6. The van der Waals surface area contributed by atoms with Gasteiger partial charge < -0.3 is 20.3 Å². The lowest BCUT2D eigenvalue weighted by Gasteiger charge is -2.20. The second-order valence-corrected chi connectivity index (χ2v) is 17.5. The number of hydrogen-bond donors (Lipinski definition) is 3. The summed E-state index contributed by atoms with van der Waals surface area (Å²) in [7, 11) is 0. The van der Waals surface area contributed by atoms with Crippen LogP contribution < -0.4 is 5.32 Å². The third kappa shape index (κ3) is 45.4. The first-order valence-corrected chi connectivity index (χ1v) is 25.8. The quantitative estimate of drug-likeness (QED) is 0.0323. The van der Waals surface area contributed by atoms with Crippen LogP contribution in [0.3, 0.4) is 0 Å². The molecular weight excluding hydrogens is 731 g/mol. The van der Waals surface area contributed by atoms with Crippen LogP contribution in [0.5, 0.6) is 0 Å². The maximum Gasteiger partial charge on any atom is 0.305 e. The molecule has 3 N–H and O–H groups in total. The average molecular weight is 830 g/mol. The number of allylic oxidation sites excluding steroid dienone is 5. The van der Waals surface area contributed by atoms with E-state index in [9.17, 15) is 19.8 Å². The molecule has 0 saturated heterocycles. The molecule has 0 spiro atoms. The highest BCUT2D eigenvalue weighted by molar-refractivity contribution is 5.76. The van der Waals surface area contributed by atoms with Crippen molar-refractivity contribution in [3.8, 4) is 0 Å². The summed E-state index contributed by atoms with van der Waals surface area (Å²) >= 11 is 0. The van der Waals surface area contributed by atoms with Crippen molar-refractivity contribution in [3.05, 3.63) is 36.5 Å². The predicted octanol–water partition coefficient (Wildman–Crippen LogP) is 15.3. The number of hydrogen-bond acceptors (Lipinski definition) is 5. The lowest BCUT2D eigenvalue weighted by Crippen LogP contribution is -2.45. The van der Waals surface area contributed by atoms with E-state index in [1.807, 2.05) is 6.08 Å². The number of rotatable bonds is 47. The summed E-state index contributed by atoms with van der Waals surface area (Å²) in [5.74, 6) is -0.0934. The largest absolute Gasteiger partial charge is 0.466 e. The average Bonchev–Trinajstić information content (AvgIpc) is 3.24. The molecule has 2 atom stereocenters. The van der Waals surface area contributed by atoms with Gasteiger partial charge in [-0.15, -0.1) is 0 Å². The third-order valence-electron chi connectivity index (χ3n) is 11.6. The molecule has 0 aromatic rings. The van der Waals surface area contributed by atoms with Crippen molar-refractivity contribution >= 4 is 11.9 Å². The van der Waals surface area contributed by atoms with Crippen LogP contribution in [-0.2, 0) is 14.3 Å². The summed E-state index contributed by atoms with van der Waals surface area (Å²) in [6, 6.07) is -0.637. The Kier molecular flexibility index (Phi) is 47.2. The standard InChI is InChI=1S/C53H99NO5/c1-3-5-7-9-11-13-15-22-26-29-33-37-41-45-51(56)50(49-55)54-52(57)46-42-38-34-30-27-23-20-18-16-17-19-21-24-28-32-36-40-44-48-59-53(58)47-43-39-35-31-25-14-12-10-8-6-4-2/h10,12,18,20,41,45,50-51,55-56H,3-9,11,13-17,19,21-40,42-44,46-49H2,1-2H3,(H,54,57)/b12-10-,20-18-,45-41+. The van der Waals surface area contributed by atoms with E-state index in [4.69, 9.17) is 4.74 Å². The molecule has 0 heterocycles. The van der Waals surface area contributed by atoms with Crippen LogP contribution in [0, 0.1) is 0 Å². The van der Waals surface area contributed by atoms with E-state index in [1.54, 1.807) is 6.08 Å². The second kappa shape index (κ2) is 48.7. The minimum absolute atomic E-state index is 0.00975. The minimum atomic E-state index is -0.852. The molecule has 0 radical (unpaired) electrons. The Balaban J connectivity index is 3.49. The van der Waals surface area contributed by atoms with Crippen LogP contribution in [0.15, 0.2) is 36.5 Å². The first-order chi connectivity index (χ1) is 29.0. The van der Waals surface area contributed by atoms with Gasteiger partial charge in [-0.3, -0.25) is 9.59 Å². The fraction of sp³-hybridized carbons (Fsp3) is 0.849. The molecule has 0 saturated carbocycles. The number of aliphatic hydroxyl groups is 2. The maximum atomic E-state index is 12.4. The number of esters is 1. The Bertz CT molecular complexity index is 962. The van der Waals surface area contributed by atoms with Gasteiger partial charge in [-0.25, -0.2) is 0 Å². The number of aliphatic hydroxyl groups excluding tert-OH is 2. The number of carbonyl (C=O) groups is 2. The molecule has 0 aliphatic carbocycles. The highest BCUT2D eigenvalue weighted by atomic mass is 16.5. The fourth-order valence-corrected chi connectivity index (χ4v) is 7.61. The van der Waals surface area contributed by atoms with Gasteiger partial charge in [0.1, 0.15) is 0 Å². The van der Waals surface area contributed by atoms with Gasteiger partial charge in [-0.1, -0.05) is 211 Å². The van der Waals surface area contributed by atoms with E-state index in [1.165, 1.54) is 173 Å². The zero-order valence-corrected chi connectivity index (χ0v) is 39.2. The number of unbranched alkanes of at least 4 members (excludes halogenated alkanes) is 32. The Morgan fingerprint density at radius 3 is 1.25 bits per heavy atom. The first-order valence-electron chi connectivity index (χ1n) is 25.8. The normalized spacial score (nSPS) is 12.9. The molecule has 2 unspecified atom stereocenters. The molecule has 59 heavy (non-hydrogen) atoms. The smallest absolute Gasteiger partial charge is 0.305 e. The van der Waals surface area contributed by atoms with Crippen LogP contribution in [0.25, 0.3) is 0 Å². The number of amides is 1. The predicted molar refractivity (Wildman–Crippen MR) is 255 cm³/mol. The highest BCUT2D eigenvalue weighted by Crippen LogP contribution is 2.15. The zero-order chi connectivity index (χ0) is 43.0. The number of ether oxygens (including phenoxy) is 1. The van der Waals surface area contributed by atoms with Gasteiger partial charge in [0.2, 0.25) is 5.91 Å². The van der Waals surface area contributed by atoms with Gasteiger partial charge in [-0.2, -0.15) is 0 Å². The first kappa shape index (κ1) is 57.1. The Labute approximate surface area is 366 Å². The maximum absolute atomic E-state index is 12.4. The molecule has 0 aliphatic rings. The van der Waals surface area contributed by atoms with Crippen LogP contribution in [0.1, 0.15) is 264 Å². The fourth-order valence-electron chi connectivity index (χ4n) is 7.61. The van der Waals surface area contributed by atoms with E-state index >= 15 is 0 Å². The number of carbonyl (C=O) groups excluding carboxylic acids is 2. The van der Waals surface area contributed by atoms with E-state index in [0.29, 0.717) is 19.4 Å². The molecule has 0 aromatic carbocycles. The molecule has 346 valence electrons. The number of nitrogens with one attached hydrogen (secondary N) is 1. The van der Waals surface area contributed by atoms with Crippen molar-refractivity contribution in [1.29, 1.82) is 0 Å². The van der Waals surface area contributed by atoms with Gasteiger partial charge in [0.15, 0.2) is 0 Å². The van der Waals surface area contributed by atoms with Crippen molar-refractivity contribution in [2.45, 2.75) is 276 Å². The summed E-state index contributed by atoms with van der Waals surface area (Å²) in [4.78, 5) is 24.4. The van der Waals surface area contributed by atoms with Crippen molar-refractivity contribution in [2.75, 3.05) is 13.2 Å². The van der Waals surface area contributed by atoms with Crippen LogP contribution in [-0.4, -0.2) is 47.4 Å². The second-order valence-electron chi connectivity index (χ2n) is 17.5. The molecule has 0 aromatic heterocycles. The van der Waals surface area contributed by atoms with E-state index in [-0.39, 0.29) is 18.5 Å². The monoisotopic (exact) mass is 830 g/mol. The Morgan fingerprint density at radius 2 is 0.814 bits per heavy atom. The van der Waals surface area contributed by atoms with E-state index in [2.05, 4.69) is 43.5 Å². The van der Waals surface area contributed by atoms with Crippen molar-refractivity contribution in [1.82, 2.24) is 5.32 Å². The van der Waals surface area contributed by atoms with Crippen molar-refractivity contribution in [2.24, 2.45) is 0 Å². The molecule has 6 nitrogen and oxygen atoms in total. The van der Waals surface area contributed by atoms with Gasteiger partial charge in [0.25, 0.3) is 0 Å². The van der Waals surface area contributed by atoms with Crippen LogP contribution in [0.4, 0.5) is 0 Å². The molecular formula is C53H99NO5. The summed E-state index contributed by atoms with van der Waals surface area (Å²) in [5, 5.41) is 23.0. The van der Waals surface area contributed by atoms with Gasteiger partial charge in [-0.05, 0) is 77.0 Å². The molecule has 0 fully saturated rings. The summed E-state index contributed by atoms with van der Waals surface area (Å²) in [5.41, 5.74) is 0. The summed E-state index contributed by atoms with van der Waals surface area (Å²) in [6.07, 6.45) is 58.6. The van der Waals surface area contributed by atoms with Gasteiger partial charge >= 0.3 is 5.97 Å². The minimum Gasteiger partial charge on any atom is -0.466 e. The molecule has 0 rings (SSSR count). The highest BCUT2D eigenvalue weighted by Gasteiger charge is 2.18. The Morgan fingerprint density at radius 1 is 0.458 bits per heavy atom. The molecule has 6 heteroatoms. The van der Waals surface area contributed by atoms with Crippen molar-refractivity contribution in [3.63, 3.8) is 0 Å². The van der Waals surface area contributed by atoms with E-state index < -0.39 is 12.1 Å². The van der Waals surface area contributed by atoms with Crippen LogP contribution in [0.2, 0.25) is 0 Å². The topological polar surface area (TPSA) is 95.9 Å². The van der Waals surface area contributed by atoms with Crippen molar-refractivity contribution < 1.29 is 24.5 Å². The molecule has 1 amide bonds. The molecule has 0 bridgehead atoms. The lowest BCUT2D eigenvalue weighted by atomic mass is 10.0. The zero-order valence-electron chi connectivity index (χ0n) is 39.2. The summed E-state index contributed by atoms with van der Waals surface area (Å²) < 4.78 is 5.44. The summed E-state index contributed by atoms with van der Waals surface area (Å²) in [6.45, 7) is 4.83. The van der Waals surface area contributed by atoms with Crippen LogP contribution >= 0.6 is 0 Å². The van der Waals surface area contributed by atoms with E-state index in [0.717, 1.165) is 64.2 Å². The lowest BCUT2D eigenvalue weighted by molar-refractivity contribution is -0.143. The SMILES string of the molecule is CCCC/C=C\CCCCCCCC(=O)OCCCCCCCCCCC/C=C\CCCCCCCC(=O)NC(CO)C(O)/C=C/CCCCCCCCCCCCC. The van der Waals surface area contributed by atoms with Gasteiger partial charge in [0, 0.05) is 12.8 Å². The van der Waals surface area contributed by atoms with Gasteiger partial charge in [0.05, 0.1) is 25.4 Å². The molecule has 0 aliphatic heterocycles.